The average Bonchev–Trinajstić information content (AvgIpc) is 2.64. The second kappa shape index (κ2) is 7.51. The largest absolute Gasteiger partial charge is 0.323 e. The number of amides is 1. The fourth-order valence-corrected chi connectivity index (χ4v) is 2.63. The van der Waals surface area contributed by atoms with Gasteiger partial charge >= 0.3 is 0 Å². The number of benzene rings is 2. The fourth-order valence-electron chi connectivity index (χ4n) is 2.18. The van der Waals surface area contributed by atoms with Gasteiger partial charge in [0.25, 0.3) is 5.91 Å². The van der Waals surface area contributed by atoms with Gasteiger partial charge in [-0.2, -0.15) is 0 Å². The summed E-state index contributed by atoms with van der Waals surface area (Å²) in [6, 6.07) is 14.4. The van der Waals surface area contributed by atoms with Crippen LogP contribution in [0.5, 0.6) is 0 Å². The molecule has 1 N–H and O–H groups in total. The SMILES string of the molecule is CN(C(=O)c1cnc(Nc2ccc(Cl)cc2Cl)nc1)c1ccccc1. The van der Waals surface area contributed by atoms with Gasteiger partial charge < -0.3 is 10.2 Å². The topological polar surface area (TPSA) is 58.1 Å². The Morgan fingerprint density at radius 2 is 1.72 bits per heavy atom. The molecule has 0 spiro atoms. The van der Waals surface area contributed by atoms with Crippen molar-refractivity contribution in [3.63, 3.8) is 0 Å². The maximum atomic E-state index is 12.5. The molecule has 1 aromatic heterocycles. The van der Waals surface area contributed by atoms with Crippen LogP contribution in [-0.2, 0) is 0 Å². The van der Waals surface area contributed by atoms with Gasteiger partial charge in [0.1, 0.15) is 0 Å². The summed E-state index contributed by atoms with van der Waals surface area (Å²) in [7, 11) is 1.71. The zero-order valence-corrected chi connectivity index (χ0v) is 14.8. The van der Waals surface area contributed by atoms with Crippen molar-refractivity contribution in [3.05, 3.63) is 76.5 Å². The minimum atomic E-state index is -0.192. The summed E-state index contributed by atoms with van der Waals surface area (Å²) in [5.74, 6) is 0.144. The van der Waals surface area contributed by atoms with E-state index in [0.717, 1.165) is 5.69 Å². The normalized spacial score (nSPS) is 10.4. The molecule has 0 unspecified atom stereocenters. The number of rotatable bonds is 4. The molecule has 25 heavy (non-hydrogen) atoms. The molecule has 0 aliphatic carbocycles. The van der Waals surface area contributed by atoms with Crippen LogP contribution in [0, 0.1) is 0 Å². The number of hydrogen-bond acceptors (Lipinski definition) is 4. The first kappa shape index (κ1) is 17.2. The summed E-state index contributed by atoms with van der Waals surface area (Å²) < 4.78 is 0. The van der Waals surface area contributed by atoms with E-state index in [-0.39, 0.29) is 5.91 Å². The van der Waals surface area contributed by atoms with Crippen LogP contribution in [0.15, 0.2) is 60.9 Å². The Morgan fingerprint density at radius 3 is 2.36 bits per heavy atom. The van der Waals surface area contributed by atoms with Gasteiger partial charge in [-0.15, -0.1) is 0 Å². The number of hydrogen-bond donors (Lipinski definition) is 1. The van der Waals surface area contributed by atoms with Gasteiger partial charge in [0, 0.05) is 30.2 Å². The second-order valence-corrected chi connectivity index (χ2v) is 6.09. The molecule has 2 aromatic carbocycles. The molecule has 0 fully saturated rings. The van der Waals surface area contributed by atoms with Crippen LogP contribution in [0.4, 0.5) is 17.3 Å². The van der Waals surface area contributed by atoms with Crippen molar-refractivity contribution in [3.8, 4) is 0 Å². The third-order valence-corrected chi connectivity index (χ3v) is 4.07. The van der Waals surface area contributed by atoms with E-state index in [2.05, 4.69) is 15.3 Å². The first-order chi connectivity index (χ1) is 12.0. The molecular weight excluding hydrogens is 359 g/mol. The average molecular weight is 373 g/mol. The van der Waals surface area contributed by atoms with Crippen molar-refractivity contribution < 1.29 is 4.79 Å². The van der Waals surface area contributed by atoms with Crippen LogP contribution in [0.2, 0.25) is 10.0 Å². The molecule has 0 radical (unpaired) electrons. The lowest BCUT2D eigenvalue weighted by Crippen LogP contribution is -2.26. The Bertz CT molecular complexity index is 885. The number of para-hydroxylation sites is 1. The molecule has 1 heterocycles. The van der Waals surface area contributed by atoms with Gasteiger partial charge in [0.2, 0.25) is 5.95 Å². The van der Waals surface area contributed by atoms with Crippen LogP contribution < -0.4 is 10.2 Å². The molecule has 0 atom stereocenters. The van der Waals surface area contributed by atoms with Crippen LogP contribution in [0.1, 0.15) is 10.4 Å². The van der Waals surface area contributed by atoms with Crippen molar-refractivity contribution in [2.24, 2.45) is 0 Å². The molecule has 1 amide bonds. The molecule has 0 aliphatic rings. The molecule has 0 saturated carbocycles. The molecule has 0 aliphatic heterocycles. The van der Waals surface area contributed by atoms with E-state index >= 15 is 0 Å². The standard InChI is InChI=1S/C18H14Cl2N4O/c1-24(14-5-3-2-4-6-14)17(25)12-10-21-18(22-11-12)23-16-8-7-13(19)9-15(16)20/h2-11H,1H3,(H,21,22,23). The van der Waals surface area contributed by atoms with Crippen LogP contribution in [0.3, 0.4) is 0 Å². The van der Waals surface area contributed by atoms with Gasteiger partial charge in [0.05, 0.1) is 16.3 Å². The molecule has 126 valence electrons. The van der Waals surface area contributed by atoms with Crippen molar-refractivity contribution in [1.82, 2.24) is 9.97 Å². The third kappa shape index (κ3) is 4.07. The monoisotopic (exact) mass is 372 g/mol. The Labute approximate surface area is 155 Å². The minimum Gasteiger partial charge on any atom is -0.323 e. The summed E-state index contributed by atoms with van der Waals surface area (Å²) in [6.07, 6.45) is 2.95. The summed E-state index contributed by atoms with van der Waals surface area (Å²) in [5, 5.41) is 3.99. The van der Waals surface area contributed by atoms with E-state index < -0.39 is 0 Å². The number of carbonyl (C=O) groups is 1. The summed E-state index contributed by atoms with van der Waals surface area (Å²) in [4.78, 5) is 22.4. The van der Waals surface area contributed by atoms with Crippen molar-refractivity contribution in [2.45, 2.75) is 0 Å². The second-order valence-electron chi connectivity index (χ2n) is 5.24. The van der Waals surface area contributed by atoms with Crippen LogP contribution in [-0.4, -0.2) is 22.9 Å². The highest BCUT2D eigenvalue weighted by Crippen LogP contribution is 2.27. The van der Waals surface area contributed by atoms with Crippen LogP contribution in [0.25, 0.3) is 0 Å². The van der Waals surface area contributed by atoms with E-state index in [1.165, 1.54) is 12.4 Å². The molecule has 3 aromatic rings. The Hall–Kier alpha value is -2.63. The zero-order valence-electron chi connectivity index (χ0n) is 13.3. The van der Waals surface area contributed by atoms with E-state index in [1.807, 2.05) is 30.3 Å². The smallest absolute Gasteiger partial charge is 0.261 e. The highest BCUT2D eigenvalue weighted by atomic mass is 35.5. The lowest BCUT2D eigenvalue weighted by atomic mass is 10.2. The van der Waals surface area contributed by atoms with Crippen LogP contribution >= 0.6 is 23.2 Å². The Balaban J connectivity index is 1.74. The summed E-state index contributed by atoms with van der Waals surface area (Å²) >= 11 is 12.0. The lowest BCUT2D eigenvalue weighted by Gasteiger charge is -2.17. The molecule has 5 nitrogen and oxygen atoms in total. The Morgan fingerprint density at radius 1 is 1.04 bits per heavy atom. The van der Waals surface area contributed by atoms with Gasteiger partial charge in [0.15, 0.2) is 0 Å². The minimum absolute atomic E-state index is 0.192. The molecular formula is C18H14Cl2N4O. The summed E-state index contributed by atoms with van der Waals surface area (Å²) in [6.45, 7) is 0. The molecule has 7 heteroatoms. The number of halogens is 2. The number of nitrogens with one attached hydrogen (secondary N) is 1. The number of nitrogens with zero attached hydrogens (tertiary/aromatic N) is 3. The van der Waals surface area contributed by atoms with Gasteiger partial charge in [-0.05, 0) is 30.3 Å². The fraction of sp³-hybridized carbons (Fsp3) is 0.0556. The van der Waals surface area contributed by atoms with E-state index in [4.69, 9.17) is 23.2 Å². The third-order valence-electron chi connectivity index (χ3n) is 3.52. The predicted molar refractivity (Wildman–Crippen MR) is 101 cm³/mol. The number of anilines is 3. The first-order valence-corrected chi connectivity index (χ1v) is 8.17. The highest BCUT2D eigenvalue weighted by Gasteiger charge is 2.14. The number of aromatic nitrogens is 2. The quantitative estimate of drug-likeness (QED) is 0.714. The predicted octanol–water partition coefficient (Wildman–Crippen LogP) is 4.80. The maximum absolute atomic E-state index is 12.5. The molecule has 3 rings (SSSR count). The van der Waals surface area contributed by atoms with Crippen molar-refractivity contribution >= 4 is 46.4 Å². The maximum Gasteiger partial charge on any atom is 0.261 e. The molecule has 0 bridgehead atoms. The zero-order chi connectivity index (χ0) is 17.8. The number of carbonyl (C=O) groups excluding carboxylic acids is 1. The first-order valence-electron chi connectivity index (χ1n) is 7.42. The van der Waals surface area contributed by atoms with E-state index in [9.17, 15) is 4.79 Å². The van der Waals surface area contributed by atoms with E-state index in [1.54, 1.807) is 30.1 Å². The van der Waals surface area contributed by atoms with Crippen molar-refractivity contribution in [2.75, 3.05) is 17.3 Å². The highest BCUT2D eigenvalue weighted by molar-refractivity contribution is 6.36. The van der Waals surface area contributed by atoms with Gasteiger partial charge in [-0.3, -0.25) is 4.79 Å². The summed E-state index contributed by atoms with van der Waals surface area (Å²) in [5.41, 5.74) is 1.81. The van der Waals surface area contributed by atoms with Crippen molar-refractivity contribution in [1.29, 1.82) is 0 Å². The van der Waals surface area contributed by atoms with Gasteiger partial charge in [-0.25, -0.2) is 9.97 Å². The lowest BCUT2D eigenvalue weighted by molar-refractivity contribution is 0.0992. The van der Waals surface area contributed by atoms with E-state index in [0.29, 0.717) is 27.2 Å². The van der Waals surface area contributed by atoms with Gasteiger partial charge in [-0.1, -0.05) is 41.4 Å². The Kier molecular flexibility index (Phi) is 5.16. The molecule has 0 saturated heterocycles.